The summed E-state index contributed by atoms with van der Waals surface area (Å²) in [5.74, 6) is 0.689. The highest BCUT2D eigenvalue weighted by molar-refractivity contribution is 6.32. The fourth-order valence-corrected chi connectivity index (χ4v) is 2.90. The predicted octanol–water partition coefficient (Wildman–Crippen LogP) is 1.89. The van der Waals surface area contributed by atoms with E-state index in [0.29, 0.717) is 16.7 Å². The summed E-state index contributed by atoms with van der Waals surface area (Å²) in [4.78, 5) is 20.1. The molecule has 1 aromatic rings. The van der Waals surface area contributed by atoms with Crippen LogP contribution in [0.25, 0.3) is 0 Å². The summed E-state index contributed by atoms with van der Waals surface area (Å²) in [7, 11) is 3.45. The summed E-state index contributed by atoms with van der Waals surface area (Å²) in [6.07, 6.45) is 5.45. The maximum Gasteiger partial charge on any atom is 0.224 e. The molecule has 1 aliphatic carbocycles. The van der Waals surface area contributed by atoms with Crippen molar-refractivity contribution in [2.75, 3.05) is 24.7 Å². The van der Waals surface area contributed by atoms with E-state index in [4.69, 9.17) is 11.6 Å². The second-order valence-corrected chi connectivity index (χ2v) is 5.25. The molecule has 0 bridgehead atoms. The maximum absolute atomic E-state index is 12.0. The minimum Gasteiger partial charge on any atom is -0.383 e. The van der Waals surface area contributed by atoms with Crippen molar-refractivity contribution in [2.45, 2.75) is 31.7 Å². The summed E-state index contributed by atoms with van der Waals surface area (Å²) >= 11 is 6.04. The van der Waals surface area contributed by atoms with E-state index in [1.165, 1.54) is 6.33 Å². The standard InChI is InChI=1S/C13H20ClN5O/c1-15-10-11(14)17-7-18-12(10)19-9-6-4-3-5-8(9)13(20)16-2/h7-9,15H,3-6H2,1-2H3,(H,16,20)(H,17,18,19). The van der Waals surface area contributed by atoms with Gasteiger partial charge in [0.15, 0.2) is 11.0 Å². The van der Waals surface area contributed by atoms with E-state index in [9.17, 15) is 4.79 Å². The van der Waals surface area contributed by atoms with E-state index in [2.05, 4.69) is 25.9 Å². The largest absolute Gasteiger partial charge is 0.383 e. The lowest BCUT2D eigenvalue weighted by molar-refractivity contribution is -0.125. The molecule has 2 unspecified atom stereocenters. The Labute approximate surface area is 123 Å². The van der Waals surface area contributed by atoms with Crippen LogP contribution in [0.1, 0.15) is 25.7 Å². The number of halogens is 1. The molecule has 1 aliphatic rings. The van der Waals surface area contributed by atoms with Crippen molar-refractivity contribution in [3.05, 3.63) is 11.5 Å². The van der Waals surface area contributed by atoms with Crippen molar-refractivity contribution in [1.29, 1.82) is 0 Å². The molecule has 2 rings (SSSR count). The Morgan fingerprint density at radius 3 is 2.75 bits per heavy atom. The SMILES string of the molecule is CNC(=O)C1CCCCC1Nc1ncnc(Cl)c1NC. The molecule has 3 N–H and O–H groups in total. The highest BCUT2D eigenvalue weighted by atomic mass is 35.5. The monoisotopic (exact) mass is 297 g/mol. The van der Waals surface area contributed by atoms with Gasteiger partial charge in [0.05, 0.1) is 5.92 Å². The number of amides is 1. The first kappa shape index (κ1) is 14.8. The molecule has 0 saturated heterocycles. The third-order valence-corrected chi connectivity index (χ3v) is 4.01. The first-order chi connectivity index (χ1) is 9.67. The fourth-order valence-electron chi connectivity index (χ4n) is 2.67. The van der Waals surface area contributed by atoms with Gasteiger partial charge in [0, 0.05) is 20.1 Å². The van der Waals surface area contributed by atoms with Crippen LogP contribution >= 0.6 is 11.6 Å². The minimum absolute atomic E-state index is 0.0350. The maximum atomic E-state index is 12.0. The van der Waals surface area contributed by atoms with Crippen LogP contribution in [0.5, 0.6) is 0 Å². The third kappa shape index (κ3) is 3.12. The Hall–Kier alpha value is -1.56. The van der Waals surface area contributed by atoms with Crippen molar-refractivity contribution in [3.63, 3.8) is 0 Å². The summed E-state index contributed by atoms with van der Waals surface area (Å²) < 4.78 is 0. The van der Waals surface area contributed by atoms with Crippen LogP contribution < -0.4 is 16.0 Å². The van der Waals surface area contributed by atoms with Gasteiger partial charge < -0.3 is 16.0 Å². The zero-order valence-electron chi connectivity index (χ0n) is 11.7. The van der Waals surface area contributed by atoms with Gasteiger partial charge in [-0.2, -0.15) is 0 Å². The average Bonchev–Trinajstić information content (AvgIpc) is 2.47. The Bertz CT molecular complexity index is 482. The van der Waals surface area contributed by atoms with Gasteiger partial charge in [-0.05, 0) is 12.8 Å². The predicted molar refractivity (Wildman–Crippen MR) is 80.0 cm³/mol. The number of hydrogen-bond donors (Lipinski definition) is 3. The molecule has 0 spiro atoms. The van der Waals surface area contributed by atoms with Crippen LogP contribution in [0.15, 0.2) is 6.33 Å². The van der Waals surface area contributed by atoms with Gasteiger partial charge in [-0.15, -0.1) is 0 Å². The van der Waals surface area contributed by atoms with E-state index < -0.39 is 0 Å². The van der Waals surface area contributed by atoms with Crippen LogP contribution in [0.3, 0.4) is 0 Å². The van der Waals surface area contributed by atoms with E-state index in [1.54, 1.807) is 14.1 Å². The van der Waals surface area contributed by atoms with Crippen molar-refractivity contribution < 1.29 is 4.79 Å². The lowest BCUT2D eigenvalue weighted by atomic mass is 9.84. The fraction of sp³-hybridized carbons (Fsp3) is 0.615. The van der Waals surface area contributed by atoms with E-state index in [0.717, 1.165) is 25.7 Å². The molecule has 1 saturated carbocycles. The topological polar surface area (TPSA) is 78.9 Å². The molecule has 20 heavy (non-hydrogen) atoms. The molecule has 110 valence electrons. The van der Waals surface area contributed by atoms with Crippen LogP contribution in [0.2, 0.25) is 5.15 Å². The molecular formula is C13H20ClN5O. The van der Waals surface area contributed by atoms with E-state index >= 15 is 0 Å². The summed E-state index contributed by atoms with van der Waals surface area (Å²) in [6.45, 7) is 0. The smallest absolute Gasteiger partial charge is 0.224 e. The van der Waals surface area contributed by atoms with Gasteiger partial charge in [-0.3, -0.25) is 4.79 Å². The van der Waals surface area contributed by atoms with Gasteiger partial charge in [0.2, 0.25) is 5.91 Å². The second kappa shape index (κ2) is 6.74. The van der Waals surface area contributed by atoms with E-state index in [1.807, 2.05) is 0 Å². The molecule has 0 aliphatic heterocycles. The molecule has 7 heteroatoms. The lowest BCUT2D eigenvalue weighted by Crippen LogP contribution is -2.42. The zero-order chi connectivity index (χ0) is 14.5. The van der Waals surface area contributed by atoms with Gasteiger partial charge in [-0.25, -0.2) is 9.97 Å². The lowest BCUT2D eigenvalue weighted by Gasteiger charge is -2.31. The molecule has 1 aromatic heterocycles. The normalized spacial score (nSPS) is 22.1. The molecule has 1 amide bonds. The number of carbonyl (C=O) groups is 1. The number of nitrogens with zero attached hydrogens (tertiary/aromatic N) is 2. The quantitative estimate of drug-likeness (QED) is 0.740. The summed E-state index contributed by atoms with van der Waals surface area (Å²) in [5.41, 5.74) is 0.662. The number of hydrogen-bond acceptors (Lipinski definition) is 5. The average molecular weight is 298 g/mol. The van der Waals surface area contributed by atoms with Crippen molar-refractivity contribution in [2.24, 2.45) is 5.92 Å². The molecule has 6 nitrogen and oxygen atoms in total. The second-order valence-electron chi connectivity index (χ2n) is 4.89. The van der Waals surface area contributed by atoms with Crippen molar-refractivity contribution in [3.8, 4) is 0 Å². The highest BCUT2D eigenvalue weighted by Crippen LogP contribution is 2.31. The number of carbonyl (C=O) groups excluding carboxylic acids is 1. The molecular weight excluding hydrogens is 278 g/mol. The van der Waals surface area contributed by atoms with Crippen LogP contribution in [-0.2, 0) is 4.79 Å². The molecule has 2 atom stereocenters. The first-order valence-corrected chi connectivity index (χ1v) is 7.21. The number of nitrogens with one attached hydrogen (secondary N) is 3. The summed E-state index contributed by atoms with van der Waals surface area (Å²) in [6, 6.07) is 0.0711. The van der Waals surface area contributed by atoms with Crippen molar-refractivity contribution >= 4 is 29.0 Å². The van der Waals surface area contributed by atoms with Gasteiger partial charge in [0.25, 0.3) is 0 Å². The van der Waals surface area contributed by atoms with Crippen LogP contribution in [0, 0.1) is 5.92 Å². The Kier molecular flexibility index (Phi) is 5.00. The number of aromatic nitrogens is 2. The van der Waals surface area contributed by atoms with Crippen molar-refractivity contribution in [1.82, 2.24) is 15.3 Å². The Morgan fingerprint density at radius 2 is 2.05 bits per heavy atom. The van der Waals surface area contributed by atoms with Crippen LogP contribution in [0.4, 0.5) is 11.5 Å². The van der Waals surface area contributed by atoms with Crippen LogP contribution in [-0.4, -0.2) is 36.0 Å². The zero-order valence-corrected chi connectivity index (χ0v) is 12.5. The summed E-state index contributed by atoms with van der Waals surface area (Å²) in [5, 5.41) is 9.45. The Balaban J connectivity index is 2.19. The van der Waals surface area contributed by atoms with E-state index in [-0.39, 0.29) is 17.9 Å². The molecule has 0 radical (unpaired) electrons. The first-order valence-electron chi connectivity index (χ1n) is 6.83. The molecule has 1 fully saturated rings. The molecule has 1 heterocycles. The van der Waals surface area contributed by atoms with Gasteiger partial charge in [0.1, 0.15) is 12.0 Å². The number of rotatable bonds is 4. The molecule has 0 aromatic carbocycles. The van der Waals surface area contributed by atoms with Gasteiger partial charge in [-0.1, -0.05) is 24.4 Å². The highest BCUT2D eigenvalue weighted by Gasteiger charge is 2.31. The minimum atomic E-state index is -0.0350. The number of anilines is 2. The Morgan fingerprint density at radius 1 is 1.30 bits per heavy atom. The van der Waals surface area contributed by atoms with Gasteiger partial charge >= 0.3 is 0 Å². The third-order valence-electron chi connectivity index (χ3n) is 3.72.